The van der Waals surface area contributed by atoms with Crippen LogP contribution < -0.4 is 5.32 Å². The van der Waals surface area contributed by atoms with E-state index >= 15 is 0 Å². The molecule has 2 aromatic rings. The monoisotopic (exact) mass is 273 g/mol. The molecule has 3 rings (SSSR count). The molecule has 1 aromatic heterocycles. The van der Waals surface area contributed by atoms with Crippen molar-refractivity contribution in [2.24, 2.45) is 0 Å². The maximum atomic E-state index is 13.6. The summed E-state index contributed by atoms with van der Waals surface area (Å²) in [6.45, 7) is 2.51. The molecule has 1 heterocycles. The molecular formula is C16H20FN3. The van der Waals surface area contributed by atoms with Crippen LogP contribution in [0.4, 0.5) is 10.1 Å². The Labute approximate surface area is 118 Å². The highest BCUT2D eigenvalue weighted by atomic mass is 19.1. The zero-order valence-corrected chi connectivity index (χ0v) is 11.8. The Hall–Kier alpha value is -1.84. The van der Waals surface area contributed by atoms with E-state index in [9.17, 15) is 4.39 Å². The number of nitrogens with zero attached hydrogens (tertiary/aromatic N) is 2. The van der Waals surface area contributed by atoms with Gasteiger partial charge in [0.05, 0.1) is 24.0 Å². The summed E-state index contributed by atoms with van der Waals surface area (Å²) in [6.07, 6.45) is 7.08. The van der Waals surface area contributed by atoms with E-state index in [1.807, 2.05) is 25.3 Å². The molecule has 1 aliphatic rings. The molecular weight excluding hydrogens is 253 g/mol. The lowest BCUT2D eigenvalue weighted by atomic mass is 10.2. The fourth-order valence-electron chi connectivity index (χ4n) is 2.80. The Morgan fingerprint density at radius 2 is 2.10 bits per heavy atom. The smallest absolute Gasteiger partial charge is 0.146 e. The van der Waals surface area contributed by atoms with E-state index in [1.54, 1.807) is 6.07 Å². The Kier molecular flexibility index (Phi) is 3.72. The van der Waals surface area contributed by atoms with Crippen LogP contribution in [0.25, 0.3) is 0 Å². The minimum Gasteiger partial charge on any atom is -0.377 e. The van der Waals surface area contributed by atoms with Crippen molar-refractivity contribution in [3.63, 3.8) is 0 Å². The number of halogens is 1. The lowest BCUT2D eigenvalue weighted by Gasteiger charge is -2.09. The van der Waals surface area contributed by atoms with E-state index in [4.69, 9.17) is 0 Å². The standard InChI is InChI=1S/C16H20FN3/c1-12-6-7-15(17)16(10-12)18-11-13-8-9-20(19-13)14-4-2-3-5-14/h6-10,14,18H,2-5,11H2,1H3. The number of anilines is 1. The van der Waals surface area contributed by atoms with Gasteiger partial charge in [-0.05, 0) is 43.5 Å². The van der Waals surface area contributed by atoms with Gasteiger partial charge in [-0.3, -0.25) is 4.68 Å². The largest absolute Gasteiger partial charge is 0.377 e. The zero-order chi connectivity index (χ0) is 13.9. The third-order valence-electron chi connectivity index (χ3n) is 3.94. The first-order valence-corrected chi connectivity index (χ1v) is 7.26. The van der Waals surface area contributed by atoms with Crippen molar-refractivity contribution in [1.29, 1.82) is 0 Å². The topological polar surface area (TPSA) is 29.9 Å². The van der Waals surface area contributed by atoms with E-state index in [1.165, 1.54) is 31.7 Å². The lowest BCUT2D eigenvalue weighted by Crippen LogP contribution is -2.07. The number of aromatic nitrogens is 2. The third-order valence-corrected chi connectivity index (χ3v) is 3.94. The highest BCUT2D eigenvalue weighted by Crippen LogP contribution is 2.28. The number of nitrogens with one attached hydrogen (secondary N) is 1. The van der Waals surface area contributed by atoms with E-state index in [0.717, 1.165) is 11.3 Å². The first-order valence-electron chi connectivity index (χ1n) is 7.26. The maximum Gasteiger partial charge on any atom is 0.146 e. The van der Waals surface area contributed by atoms with Crippen LogP contribution in [-0.4, -0.2) is 9.78 Å². The summed E-state index contributed by atoms with van der Waals surface area (Å²) in [5.41, 5.74) is 2.55. The van der Waals surface area contributed by atoms with E-state index in [-0.39, 0.29) is 5.82 Å². The van der Waals surface area contributed by atoms with Crippen LogP contribution in [0.2, 0.25) is 0 Å². The number of aryl methyl sites for hydroxylation is 1. The molecule has 4 heteroatoms. The molecule has 0 unspecified atom stereocenters. The van der Waals surface area contributed by atoms with Crippen LogP contribution in [0.15, 0.2) is 30.5 Å². The molecule has 0 saturated heterocycles. The first-order chi connectivity index (χ1) is 9.72. The molecule has 0 bridgehead atoms. The van der Waals surface area contributed by atoms with Crippen molar-refractivity contribution in [1.82, 2.24) is 9.78 Å². The predicted molar refractivity (Wildman–Crippen MR) is 78.2 cm³/mol. The molecule has 0 radical (unpaired) electrons. The zero-order valence-electron chi connectivity index (χ0n) is 11.8. The van der Waals surface area contributed by atoms with Crippen LogP contribution in [0.1, 0.15) is 43.0 Å². The molecule has 1 aliphatic carbocycles. The van der Waals surface area contributed by atoms with Crippen molar-refractivity contribution >= 4 is 5.69 Å². The molecule has 0 aliphatic heterocycles. The number of hydrogen-bond donors (Lipinski definition) is 1. The maximum absolute atomic E-state index is 13.6. The summed E-state index contributed by atoms with van der Waals surface area (Å²) in [5.74, 6) is -0.217. The molecule has 0 atom stereocenters. The Bertz CT molecular complexity index is 585. The predicted octanol–water partition coefficient (Wildman–Crippen LogP) is 4.06. The van der Waals surface area contributed by atoms with Gasteiger partial charge in [0, 0.05) is 6.20 Å². The first kappa shape index (κ1) is 13.2. The van der Waals surface area contributed by atoms with Gasteiger partial charge in [-0.2, -0.15) is 5.10 Å². The molecule has 1 fully saturated rings. The third kappa shape index (κ3) is 2.84. The number of rotatable bonds is 4. The molecule has 1 aromatic carbocycles. The molecule has 20 heavy (non-hydrogen) atoms. The molecule has 106 valence electrons. The van der Waals surface area contributed by atoms with Gasteiger partial charge < -0.3 is 5.32 Å². The van der Waals surface area contributed by atoms with Crippen LogP contribution in [0, 0.1) is 12.7 Å². The van der Waals surface area contributed by atoms with Gasteiger partial charge in [-0.1, -0.05) is 18.9 Å². The fourth-order valence-corrected chi connectivity index (χ4v) is 2.80. The summed E-state index contributed by atoms with van der Waals surface area (Å²) >= 11 is 0. The van der Waals surface area contributed by atoms with Crippen LogP contribution in [0.5, 0.6) is 0 Å². The number of benzene rings is 1. The van der Waals surface area contributed by atoms with Crippen molar-refractivity contribution in [2.75, 3.05) is 5.32 Å². The average molecular weight is 273 g/mol. The van der Waals surface area contributed by atoms with Crippen molar-refractivity contribution in [2.45, 2.75) is 45.2 Å². The van der Waals surface area contributed by atoms with Crippen LogP contribution in [-0.2, 0) is 6.54 Å². The van der Waals surface area contributed by atoms with Gasteiger partial charge >= 0.3 is 0 Å². The van der Waals surface area contributed by atoms with Gasteiger partial charge in [0.15, 0.2) is 0 Å². The van der Waals surface area contributed by atoms with Crippen LogP contribution >= 0.6 is 0 Å². The Morgan fingerprint density at radius 1 is 1.30 bits per heavy atom. The Balaban J connectivity index is 1.64. The van der Waals surface area contributed by atoms with E-state index < -0.39 is 0 Å². The summed E-state index contributed by atoms with van der Waals surface area (Å²) in [5, 5.41) is 7.71. The van der Waals surface area contributed by atoms with Crippen molar-refractivity contribution in [3.8, 4) is 0 Å². The normalized spacial score (nSPS) is 15.7. The summed E-state index contributed by atoms with van der Waals surface area (Å²) in [6, 6.07) is 7.66. The second-order valence-corrected chi connectivity index (χ2v) is 5.56. The van der Waals surface area contributed by atoms with Crippen molar-refractivity contribution in [3.05, 3.63) is 47.5 Å². The second-order valence-electron chi connectivity index (χ2n) is 5.56. The average Bonchev–Trinajstić information content (AvgIpc) is 3.09. The summed E-state index contributed by atoms with van der Waals surface area (Å²) in [4.78, 5) is 0. The Morgan fingerprint density at radius 3 is 2.90 bits per heavy atom. The minimum absolute atomic E-state index is 0.217. The molecule has 0 amide bonds. The molecule has 0 spiro atoms. The van der Waals surface area contributed by atoms with Gasteiger partial charge in [-0.25, -0.2) is 4.39 Å². The van der Waals surface area contributed by atoms with Crippen LogP contribution in [0.3, 0.4) is 0 Å². The minimum atomic E-state index is -0.217. The van der Waals surface area contributed by atoms with E-state index in [0.29, 0.717) is 18.3 Å². The molecule has 3 nitrogen and oxygen atoms in total. The number of hydrogen-bond acceptors (Lipinski definition) is 2. The van der Waals surface area contributed by atoms with E-state index in [2.05, 4.69) is 15.1 Å². The van der Waals surface area contributed by atoms with Gasteiger partial charge in [0.2, 0.25) is 0 Å². The molecule has 1 saturated carbocycles. The lowest BCUT2D eigenvalue weighted by molar-refractivity contribution is 0.463. The van der Waals surface area contributed by atoms with Gasteiger partial charge in [0.1, 0.15) is 5.82 Å². The second kappa shape index (κ2) is 5.65. The summed E-state index contributed by atoms with van der Waals surface area (Å²) < 4.78 is 15.7. The SMILES string of the molecule is Cc1ccc(F)c(NCc2ccn(C3CCCC3)n2)c1. The quantitative estimate of drug-likeness (QED) is 0.910. The summed E-state index contributed by atoms with van der Waals surface area (Å²) in [7, 11) is 0. The van der Waals surface area contributed by atoms with Gasteiger partial charge in [0.25, 0.3) is 0 Å². The van der Waals surface area contributed by atoms with Gasteiger partial charge in [-0.15, -0.1) is 0 Å². The highest BCUT2D eigenvalue weighted by molar-refractivity contribution is 5.47. The highest BCUT2D eigenvalue weighted by Gasteiger charge is 2.17. The van der Waals surface area contributed by atoms with Crippen molar-refractivity contribution < 1.29 is 4.39 Å². The fraction of sp³-hybridized carbons (Fsp3) is 0.438. The molecule has 1 N–H and O–H groups in total.